The Bertz CT molecular complexity index is 613. The molecule has 1 fully saturated rings. The second kappa shape index (κ2) is 9.54. The summed E-state index contributed by atoms with van der Waals surface area (Å²) < 4.78 is 10.6. The first-order valence-corrected chi connectivity index (χ1v) is 9.10. The molecule has 0 radical (unpaired) electrons. The highest BCUT2D eigenvalue weighted by Gasteiger charge is 2.25. The minimum absolute atomic E-state index is 0.168. The number of rotatable bonds is 6. The van der Waals surface area contributed by atoms with E-state index in [9.17, 15) is 9.59 Å². The van der Waals surface area contributed by atoms with Crippen LogP contribution in [0.1, 0.15) is 38.1 Å². The van der Waals surface area contributed by atoms with Crippen LogP contribution < -0.4 is 10.6 Å². The highest BCUT2D eigenvalue weighted by Crippen LogP contribution is 2.14. The van der Waals surface area contributed by atoms with Gasteiger partial charge in [-0.2, -0.15) is 0 Å². The van der Waals surface area contributed by atoms with Gasteiger partial charge in [0.05, 0.1) is 18.8 Å². The number of benzene rings is 1. The second-order valence-corrected chi connectivity index (χ2v) is 6.70. The molecule has 26 heavy (non-hydrogen) atoms. The first-order chi connectivity index (χ1) is 12.4. The Morgan fingerprint density at radius 2 is 2.00 bits per heavy atom. The lowest BCUT2D eigenvalue weighted by molar-refractivity contribution is -0.0778. The van der Waals surface area contributed by atoms with Gasteiger partial charge in [-0.1, -0.05) is 6.07 Å². The highest BCUT2D eigenvalue weighted by molar-refractivity contribution is 5.96. The van der Waals surface area contributed by atoms with Crippen molar-refractivity contribution in [1.82, 2.24) is 10.2 Å². The Kier molecular flexibility index (Phi) is 7.41. The van der Waals surface area contributed by atoms with Crippen LogP contribution in [0.25, 0.3) is 0 Å². The summed E-state index contributed by atoms with van der Waals surface area (Å²) in [4.78, 5) is 26.2. The van der Waals surface area contributed by atoms with Gasteiger partial charge in [0.1, 0.15) is 0 Å². The molecule has 0 aliphatic carbocycles. The zero-order valence-corrected chi connectivity index (χ0v) is 16.0. The molecule has 3 atom stereocenters. The van der Waals surface area contributed by atoms with Gasteiger partial charge in [-0.3, -0.25) is 15.0 Å². The summed E-state index contributed by atoms with van der Waals surface area (Å²) in [6, 6.07) is 7.01. The molecule has 7 heteroatoms. The van der Waals surface area contributed by atoms with Crippen LogP contribution in [0.5, 0.6) is 0 Å². The average molecular weight is 363 g/mol. The van der Waals surface area contributed by atoms with Crippen LogP contribution in [0.4, 0.5) is 10.5 Å². The minimum atomic E-state index is -0.533. The zero-order valence-electron chi connectivity index (χ0n) is 16.0. The number of nitrogens with one attached hydrogen (secondary N) is 2. The Labute approximate surface area is 155 Å². The third-order valence-electron chi connectivity index (χ3n) is 4.28. The zero-order chi connectivity index (χ0) is 19.1. The number of ether oxygens (including phenoxy) is 2. The first-order valence-electron chi connectivity index (χ1n) is 9.10. The molecule has 1 aliphatic rings. The second-order valence-electron chi connectivity index (χ2n) is 6.70. The fourth-order valence-electron chi connectivity index (χ4n) is 3.07. The van der Waals surface area contributed by atoms with Gasteiger partial charge in [0.15, 0.2) is 0 Å². The van der Waals surface area contributed by atoms with Gasteiger partial charge in [-0.25, -0.2) is 4.79 Å². The molecule has 1 aromatic rings. The van der Waals surface area contributed by atoms with E-state index in [0.717, 1.165) is 13.1 Å². The van der Waals surface area contributed by atoms with E-state index in [-0.39, 0.29) is 24.2 Å². The van der Waals surface area contributed by atoms with E-state index in [0.29, 0.717) is 24.4 Å². The number of nitrogens with zero attached hydrogens (tertiary/aromatic N) is 1. The van der Waals surface area contributed by atoms with Crippen LogP contribution in [0, 0.1) is 0 Å². The van der Waals surface area contributed by atoms with Crippen LogP contribution in [-0.4, -0.2) is 61.4 Å². The maximum Gasteiger partial charge on any atom is 0.411 e. The van der Waals surface area contributed by atoms with Crippen molar-refractivity contribution in [2.75, 3.05) is 31.6 Å². The van der Waals surface area contributed by atoms with Gasteiger partial charge in [-0.05, 0) is 45.9 Å². The quantitative estimate of drug-likeness (QED) is 0.812. The SMILES string of the molecule is CCOC(=O)Nc1cccc(C(=O)NC[C@H](C)N2C[C@H](C)O[C@@H](C)C2)c1. The van der Waals surface area contributed by atoms with Gasteiger partial charge in [-0.15, -0.1) is 0 Å². The lowest BCUT2D eigenvalue weighted by Crippen LogP contribution is -2.52. The Hall–Kier alpha value is -2.12. The molecule has 1 aromatic carbocycles. The summed E-state index contributed by atoms with van der Waals surface area (Å²) in [5.41, 5.74) is 1.02. The molecule has 1 heterocycles. The van der Waals surface area contributed by atoms with Crippen molar-refractivity contribution in [3.8, 4) is 0 Å². The smallest absolute Gasteiger partial charge is 0.411 e. The number of anilines is 1. The maximum absolute atomic E-state index is 12.4. The number of carbonyl (C=O) groups excluding carboxylic acids is 2. The maximum atomic E-state index is 12.4. The average Bonchev–Trinajstić information content (AvgIpc) is 2.59. The molecule has 1 aliphatic heterocycles. The molecule has 2 rings (SSSR count). The fraction of sp³-hybridized carbons (Fsp3) is 0.579. The van der Waals surface area contributed by atoms with Crippen molar-refractivity contribution < 1.29 is 19.1 Å². The van der Waals surface area contributed by atoms with E-state index in [1.165, 1.54) is 0 Å². The van der Waals surface area contributed by atoms with E-state index < -0.39 is 6.09 Å². The predicted octanol–water partition coefficient (Wildman–Crippen LogP) is 2.48. The molecule has 0 bridgehead atoms. The van der Waals surface area contributed by atoms with E-state index >= 15 is 0 Å². The van der Waals surface area contributed by atoms with Gasteiger partial charge in [0, 0.05) is 36.9 Å². The highest BCUT2D eigenvalue weighted by atomic mass is 16.5. The van der Waals surface area contributed by atoms with Crippen molar-refractivity contribution in [3.05, 3.63) is 29.8 Å². The Morgan fingerprint density at radius 3 is 2.65 bits per heavy atom. The van der Waals surface area contributed by atoms with Crippen LogP contribution in [0.15, 0.2) is 24.3 Å². The third kappa shape index (κ3) is 6.00. The van der Waals surface area contributed by atoms with Gasteiger partial charge >= 0.3 is 6.09 Å². The number of morpholine rings is 1. The molecular formula is C19H29N3O4. The summed E-state index contributed by atoms with van der Waals surface area (Å²) in [5.74, 6) is -0.168. The molecule has 2 amide bonds. The third-order valence-corrected chi connectivity index (χ3v) is 4.28. The lowest BCUT2D eigenvalue weighted by Gasteiger charge is -2.39. The number of amides is 2. The fourth-order valence-corrected chi connectivity index (χ4v) is 3.07. The molecule has 0 saturated carbocycles. The van der Waals surface area contributed by atoms with Crippen molar-refractivity contribution in [2.45, 2.75) is 45.9 Å². The summed E-state index contributed by atoms with van der Waals surface area (Å²) in [6.07, 6.45) is -0.140. The molecular weight excluding hydrogens is 334 g/mol. The standard InChI is InChI=1S/C19H29N3O4/c1-5-25-19(24)21-17-8-6-7-16(9-17)18(23)20-10-13(2)22-11-14(3)26-15(4)12-22/h6-9,13-15H,5,10-12H2,1-4H3,(H,20,23)(H,21,24)/t13-,14-,15-/m0/s1. The molecule has 2 N–H and O–H groups in total. The van der Waals surface area contributed by atoms with E-state index in [2.05, 4.69) is 36.3 Å². The minimum Gasteiger partial charge on any atom is -0.450 e. The van der Waals surface area contributed by atoms with Crippen molar-refractivity contribution in [3.63, 3.8) is 0 Å². The largest absolute Gasteiger partial charge is 0.450 e. The Morgan fingerprint density at radius 1 is 1.31 bits per heavy atom. The molecule has 7 nitrogen and oxygen atoms in total. The van der Waals surface area contributed by atoms with Crippen molar-refractivity contribution in [2.24, 2.45) is 0 Å². The van der Waals surface area contributed by atoms with Gasteiger partial charge < -0.3 is 14.8 Å². The monoisotopic (exact) mass is 363 g/mol. The van der Waals surface area contributed by atoms with E-state index in [4.69, 9.17) is 9.47 Å². The molecule has 0 unspecified atom stereocenters. The van der Waals surface area contributed by atoms with Crippen LogP contribution >= 0.6 is 0 Å². The topological polar surface area (TPSA) is 79.9 Å². The summed E-state index contributed by atoms with van der Waals surface area (Å²) >= 11 is 0. The van der Waals surface area contributed by atoms with E-state index in [1.54, 1.807) is 31.2 Å². The molecule has 1 saturated heterocycles. The van der Waals surface area contributed by atoms with E-state index in [1.807, 2.05) is 0 Å². The predicted molar refractivity (Wildman–Crippen MR) is 100 cm³/mol. The molecule has 0 spiro atoms. The summed E-state index contributed by atoms with van der Waals surface area (Å²) in [6.45, 7) is 10.5. The first kappa shape index (κ1) is 20.2. The van der Waals surface area contributed by atoms with Crippen LogP contribution in [-0.2, 0) is 9.47 Å². The number of carbonyl (C=O) groups is 2. The van der Waals surface area contributed by atoms with Crippen molar-refractivity contribution in [1.29, 1.82) is 0 Å². The van der Waals surface area contributed by atoms with Crippen molar-refractivity contribution >= 4 is 17.7 Å². The summed E-state index contributed by atoms with van der Waals surface area (Å²) in [5, 5.41) is 5.57. The van der Waals surface area contributed by atoms with Crippen LogP contribution in [0.2, 0.25) is 0 Å². The molecule has 144 valence electrons. The van der Waals surface area contributed by atoms with Gasteiger partial charge in [0.2, 0.25) is 0 Å². The van der Waals surface area contributed by atoms with Crippen LogP contribution in [0.3, 0.4) is 0 Å². The number of hydrogen-bond acceptors (Lipinski definition) is 5. The molecule has 0 aromatic heterocycles. The lowest BCUT2D eigenvalue weighted by atomic mass is 10.1. The van der Waals surface area contributed by atoms with Gasteiger partial charge in [0.25, 0.3) is 5.91 Å². The number of hydrogen-bond donors (Lipinski definition) is 2. The Balaban J connectivity index is 1.88. The normalized spacial score (nSPS) is 21.7. The summed E-state index contributed by atoms with van der Waals surface area (Å²) in [7, 11) is 0.